The lowest BCUT2D eigenvalue weighted by molar-refractivity contribution is -0.141. The van der Waals surface area contributed by atoms with Gasteiger partial charge in [-0.05, 0) is 19.3 Å². The van der Waals surface area contributed by atoms with Gasteiger partial charge < -0.3 is 14.9 Å². The van der Waals surface area contributed by atoms with Crippen molar-refractivity contribution in [3.63, 3.8) is 0 Å². The third-order valence-electron chi connectivity index (χ3n) is 3.19. The summed E-state index contributed by atoms with van der Waals surface area (Å²) < 4.78 is 0. The van der Waals surface area contributed by atoms with Crippen LogP contribution >= 0.6 is 11.8 Å². The van der Waals surface area contributed by atoms with E-state index in [-0.39, 0.29) is 12.1 Å². The lowest BCUT2D eigenvalue weighted by atomic mass is 10.0. The molecule has 1 aliphatic heterocycles. The molecule has 0 bridgehead atoms. The first-order chi connectivity index (χ1) is 8.34. The van der Waals surface area contributed by atoms with E-state index in [1.807, 2.05) is 6.92 Å². The monoisotopic (exact) mass is 274 g/mol. The van der Waals surface area contributed by atoms with Crippen LogP contribution in [0.4, 0.5) is 4.79 Å². The lowest BCUT2D eigenvalue weighted by Gasteiger charge is -2.31. The predicted molar refractivity (Wildman–Crippen MR) is 72.7 cm³/mol. The number of amides is 2. The fourth-order valence-electron chi connectivity index (χ4n) is 2.07. The van der Waals surface area contributed by atoms with Crippen LogP contribution in [-0.4, -0.2) is 57.7 Å². The Morgan fingerprint density at radius 2 is 2.06 bits per heavy atom. The van der Waals surface area contributed by atoms with Crippen molar-refractivity contribution in [2.45, 2.75) is 39.3 Å². The summed E-state index contributed by atoms with van der Waals surface area (Å²) in [6.07, 6.45) is 0.918. The number of rotatable bonds is 4. The molecule has 2 unspecified atom stereocenters. The van der Waals surface area contributed by atoms with Gasteiger partial charge in [-0.3, -0.25) is 0 Å². The molecule has 0 aromatic heterocycles. The number of nitrogens with zero attached hydrogens (tertiary/aromatic N) is 2. The standard InChI is InChI=1S/C12H22N2O3S/c1-8(2)5-9(3)13(4)12(17)14-7-18-6-10(14)11(15)16/h8-10H,5-7H2,1-4H3,(H,15,16). The molecule has 1 saturated heterocycles. The molecule has 0 radical (unpaired) electrons. The summed E-state index contributed by atoms with van der Waals surface area (Å²) in [5.74, 6) is 0.541. The van der Waals surface area contributed by atoms with Crippen molar-refractivity contribution in [1.82, 2.24) is 9.80 Å². The first-order valence-corrected chi connectivity index (χ1v) is 7.34. The highest BCUT2D eigenvalue weighted by molar-refractivity contribution is 7.99. The Hall–Kier alpha value is -0.910. The van der Waals surface area contributed by atoms with E-state index < -0.39 is 12.0 Å². The van der Waals surface area contributed by atoms with Gasteiger partial charge in [-0.2, -0.15) is 0 Å². The van der Waals surface area contributed by atoms with Gasteiger partial charge in [0.2, 0.25) is 0 Å². The molecule has 0 aromatic rings. The molecule has 104 valence electrons. The third-order valence-corrected chi connectivity index (χ3v) is 4.20. The Morgan fingerprint density at radius 3 is 2.56 bits per heavy atom. The molecule has 1 heterocycles. The fraction of sp³-hybridized carbons (Fsp3) is 0.833. The largest absolute Gasteiger partial charge is 0.480 e. The van der Waals surface area contributed by atoms with Crippen molar-refractivity contribution in [3.8, 4) is 0 Å². The molecular weight excluding hydrogens is 252 g/mol. The Kier molecular flexibility index (Phi) is 5.31. The van der Waals surface area contributed by atoms with Gasteiger partial charge in [0, 0.05) is 18.8 Å². The van der Waals surface area contributed by atoms with Gasteiger partial charge in [-0.25, -0.2) is 9.59 Å². The molecule has 0 aliphatic carbocycles. The molecule has 1 fully saturated rings. The van der Waals surface area contributed by atoms with Gasteiger partial charge in [0.25, 0.3) is 0 Å². The van der Waals surface area contributed by atoms with Gasteiger partial charge in [0.15, 0.2) is 0 Å². The van der Waals surface area contributed by atoms with Crippen LogP contribution in [0.1, 0.15) is 27.2 Å². The summed E-state index contributed by atoms with van der Waals surface area (Å²) in [6.45, 7) is 6.22. The van der Waals surface area contributed by atoms with Gasteiger partial charge in [-0.1, -0.05) is 13.8 Å². The van der Waals surface area contributed by atoms with Crippen LogP contribution in [-0.2, 0) is 4.79 Å². The van der Waals surface area contributed by atoms with E-state index >= 15 is 0 Å². The number of hydrogen-bond donors (Lipinski definition) is 1. The Bertz CT molecular complexity index is 322. The number of thioether (sulfide) groups is 1. The number of carbonyl (C=O) groups is 2. The zero-order chi connectivity index (χ0) is 13.9. The molecule has 2 atom stereocenters. The van der Waals surface area contributed by atoms with E-state index in [9.17, 15) is 9.59 Å². The normalized spacial score (nSPS) is 21.2. The molecular formula is C12H22N2O3S. The Morgan fingerprint density at radius 1 is 1.44 bits per heavy atom. The maximum atomic E-state index is 12.3. The second-order valence-electron chi connectivity index (χ2n) is 5.20. The molecule has 1 rings (SSSR count). The minimum absolute atomic E-state index is 0.123. The average Bonchev–Trinajstić information content (AvgIpc) is 2.74. The van der Waals surface area contributed by atoms with E-state index in [0.717, 1.165) is 6.42 Å². The zero-order valence-corrected chi connectivity index (χ0v) is 12.2. The topological polar surface area (TPSA) is 60.9 Å². The number of carbonyl (C=O) groups excluding carboxylic acids is 1. The van der Waals surface area contributed by atoms with Gasteiger partial charge in [0.05, 0.1) is 5.88 Å². The van der Waals surface area contributed by atoms with Gasteiger partial charge in [0.1, 0.15) is 6.04 Å². The van der Waals surface area contributed by atoms with Crippen molar-refractivity contribution in [2.75, 3.05) is 18.7 Å². The van der Waals surface area contributed by atoms with Crippen LogP contribution in [0, 0.1) is 5.92 Å². The van der Waals surface area contributed by atoms with Crippen LogP contribution in [0.5, 0.6) is 0 Å². The zero-order valence-electron chi connectivity index (χ0n) is 11.4. The first kappa shape index (κ1) is 15.1. The Labute approximate surface area is 113 Å². The lowest BCUT2D eigenvalue weighted by Crippen LogP contribution is -2.50. The molecule has 0 spiro atoms. The molecule has 5 nitrogen and oxygen atoms in total. The molecule has 18 heavy (non-hydrogen) atoms. The summed E-state index contributed by atoms with van der Waals surface area (Å²) in [4.78, 5) is 26.4. The van der Waals surface area contributed by atoms with Gasteiger partial charge >= 0.3 is 12.0 Å². The van der Waals surface area contributed by atoms with E-state index in [1.165, 1.54) is 16.7 Å². The maximum Gasteiger partial charge on any atom is 0.327 e. The highest BCUT2D eigenvalue weighted by Crippen LogP contribution is 2.23. The van der Waals surface area contributed by atoms with Crippen LogP contribution in [0.2, 0.25) is 0 Å². The van der Waals surface area contributed by atoms with E-state index in [0.29, 0.717) is 17.5 Å². The van der Waals surface area contributed by atoms with E-state index in [4.69, 9.17) is 5.11 Å². The van der Waals surface area contributed by atoms with Crippen LogP contribution in [0.25, 0.3) is 0 Å². The molecule has 1 N–H and O–H groups in total. The summed E-state index contributed by atoms with van der Waals surface area (Å²) in [7, 11) is 1.75. The minimum atomic E-state index is -0.918. The van der Waals surface area contributed by atoms with Crippen molar-refractivity contribution in [2.24, 2.45) is 5.92 Å². The summed E-state index contributed by atoms with van der Waals surface area (Å²) in [6, 6.07) is -0.741. The third kappa shape index (κ3) is 3.54. The van der Waals surface area contributed by atoms with E-state index in [1.54, 1.807) is 11.9 Å². The summed E-state index contributed by atoms with van der Waals surface area (Å²) in [5, 5.41) is 9.07. The van der Waals surface area contributed by atoms with Gasteiger partial charge in [-0.15, -0.1) is 11.8 Å². The first-order valence-electron chi connectivity index (χ1n) is 6.18. The number of urea groups is 1. The highest BCUT2D eigenvalue weighted by Gasteiger charge is 2.36. The van der Waals surface area contributed by atoms with Crippen molar-refractivity contribution in [1.29, 1.82) is 0 Å². The maximum absolute atomic E-state index is 12.3. The summed E-state index contributed by atoms with van der Waals surface area (Å²) >= 11 is 1.49. The van der Waals surface area contributed by atoms with Crippen molar-refractivity contribution < 1.29 is 14.7 Å². The van der Waals surface area contributed by atoms with Crippen molar-refractivity contribution in [3.05, 3.63) is 0 Å². The smallest absolute Gasteiger partial charge is 0.327 e. The molecule has 6 heteroatoms. The SMILES string of the molecule is CC(C)CC(C)N(C)C(=O)N1CSCC1C(=O)O. The van der Waals surface area contributed by atoms with Crippen LogP contribution < -0.4 is 0 Å². The average molecular weight is 274 g/mol. The predicted octanol–water partition coefficient (Wildman–Crippen LogP) is 1.93. The highest BCUT2D eigenvalue weighted by atomic mass is 32.2. The summed E-state index contributed by atoms with van der Waals surface area (Å²) in [5.41, 5.74) is 0. The van der Waals surface area contributed by atoms with Crippen LogP contribution in [0.3, 0.4) is 0 Å². The number of carboxylic acid groups (broad SMARTS) is 1. The number of aliphatic carboxylic acids is 1. The fourth-order valence-corrected chi connectivity index (χ4v) is 3.21. The van der Waals surface area contributed by atoms with Crippen LogP contribution in [0.15, 0.2) is 0 Å². The quantitative estimate of drug-likeness (QED) is 0.851. The Balaban J connectivity index is 2.65. The number of hydrogen-bond acceptors (Lipinski definition) is 3. The van der Waals surface area contributed by atoms with Crippen molar-refractivity contribution >= 4 is 23.8 Å². The molecule has 0 aromatic carbocycles. The van der Waals surface area contributed by atoms with E-state index in [2.05, 4.69) is 13.8 Å². The second kappa shape index (κ2) is 6.31. The molecule has 1 aliphatic rings. The molecule has 2 amide bonds. The number of carboxylic acids is 1. The minimum Gasteiger partial charge on any atom is -0.480 e. The second-order valence-corrected chi connectivity index (χ2v) is 6.20. The molecule has 0 saturated carbocycles.